The van der Waals surface area contributed by atoms with Crippen LogP contribution in [0, 0.1) is 5.41 Å². The zero-order valence-corrected chi connectivity index (χ0v) is 14.8. The van der Waals surface area contributed by atoms with Crippen LogP contribution in [0.3, 0.4) is 0 Å². The van der Waals surface area contributed by atoms with Gasteiger partial charge in [0.15, 0.2) is 0 Å². The van der Waals surface area contributed by atoms with Crippen LogP contribution in [-0.2, 0) is 4.74 Å². The zero-order chi connectivity index (χ0) is 15.5. The normalized spacial score (nSPS) is 27.4. The monoisotopic (exact) mass is 297 g/mol. The van der Waals surface area contributed by atoms with Gasteiger partial charge in [-0.15, -0.1) is 0 Å². The molecule has 2 rings (SSSR count). The quantitative estimate of drug-likeness (QED) is 0.787. The van der Waals surface area contributed by atoms with Crippen molar-refractivity contribution in [1.82, 2.24) is 14.7 Å². The third-order valence-corrected chi connectivity index (χ3v) is 4.53. The Morgan fingerprint density at radius 2 is 1.62 bits per heavy atom. The van der Waals surface area contributed by atoms with Crippen LogP contribution in [0.15, 0.2) is 0 Å². The van der Waals surface area contributed by atoms with Gasteiger partial charge in [-0.2, -0.15) is 0 Å². The molecule has 2 fully saturated rings. The molecule has 2 aliphatic heterocycles. The molecule has 2 aliphatic rings. The van der Waals surface area contributed by atoms with Crippen LogP contribution >= 0.6 is 0 Å². The highest BCUT2D eigenvalue weighted by Crippen LogP contribution is 2.17. The van der Waals surface area contributed by atoms with Crippen molar-refractivity contribution < 1.29 is 4.74 Å². The molecule has 0 aromatic rings. The van der Waals surface area contributed by atoms with E-state index in [4.69, 9.17) is 4.74 Å². The molecule has 0 N–H and O–H groups in total. The maximum absolute atomic E-state index is 5.97. The molecule has 2 saturated heterocycles. The molecule has 0 radical (unpaired) electrons. The molecule has 0 saturated carbocycles. The van der Waals surface area contributed by atoms with Gasteiger partial charge in [0.25, 0.3) is 0 Å². The second-order valence-electron chi connectivity index (χ2n) is 8.22. The van der Waals surface area contributed by atoms with Gasteiger partial charge < -0.3 is 9.64 Å². The van der Waals surface area contributed by atoms with Gasteiger partial charge in [0.05, 0.1) is 12.7 Å². The smallest absolute Gasteiger partial charge is 0.0829 e. The summed E-state index contributed by atoms with van der Waals surface area (Å²) < 4.78 is 5.97. The first-order valence-corrected chi connectivity index (χ1v) is 8.64. The molecule has 1 atom stereocenters. The van der Waals surface area contributed by atoms with Crippen LogP contribution in [-0.4, -0.2) is 85.8 Å². The highest BCUT2D eigenvalue weighted by molar-refractivity contribution is 4.81. The second kappa shape index (κ2) is 7.40. The minimum atomic E-state index is 0.398. The van der Waals surface area contributed by atoms with Crippen molar-refractivity contribution in [3.05, 3.63) is 0 Å². The van der Waals surface area contributed by atoms with Crippen LogP contribution in [0.25, 0.3) is 0 Å². The molecule has 0 bridgehead atoms. The van der Waals surface area contributed by atoms with Gasteiger partial charge in [0, 0.05) is 58.4 Å². The zero-order valence-electron chi connectivity index (χ0n) is 14.8. The highest BCUT2D eigenvalue weighted by Gasteiger charge is 2.26. The van der Waals surface area contributed by atoms with Gasteiger partial charge in [0.1, 0.15) is 0 Å². The fourth-order valence-corrected chi connectivity index (χ4v) is 3.41. The standard InChI is InChI=1S/C17H35N3O/c1-15(2)20-10-11-21-16(13-20)12-18-6-8-19(9-7-18)14-17(3,4)5/h15-16H,6-14H2,1-5H3/t16-/m0/s1. The van der Waals surface area contributed by atoms with Crippen molar-refractivity contribution in [3.8, 4) is 0 Å². The lowest BCUT2D eigenvalue weighted by atomic mass is 9.96. The van der Waals surface area contributed by atoms with Gasteiger partial charge in [0.2, 0.25) is 0 Å². The Balaban J connectivity index is 1.71. The summed E-state index contributed by atoms with van der Waals surface area (Å²) in [6.07, 6.45) is 0.398. The fraction of sp³-hybridized carbons (Fsp3) is 1.00. The first-order chi connectivity index (χ1) is 9.83. The third kappa shape index (κ3) is 5.85. The molecule has 124 valence electrons. The van der Waals surface area contributed by atoms with Gasteiger partial charge in [-0.3, -0.25) is 9.80 Å². The summed E-state index contributed by atoms with van der Waals surface area (Å²) in [7, 11) is 0. The number of rotatable bonds is 4. The number of hydrogen-bond acceptors (Lipinski definition) is 4. The molecular weight excluding hydrogens is 262 g/mol. The molecule has 0 amide bonds. The van der Waals surface area contributed by atoms with E-state index in [1.165, 1.54) is 32.7 Å². The van der Waals surface area contributed by atoms with Crippen LogP contribution in [0.5, 0.6) is 0 Å². The number of nitrogens with zero attached hydrogens (tertiary/aromatic N) is 3. The van der Waals surface area contributed by atoms with Crippen molar-refractivity contribution in [2.75, 3.05) is 59.0 Å². The molecule has 0 unspecified atom stereocenters. The predicted molar refractivity (Wildman–Crippen MR) is 88.8 cm³/mol. The first-order valence-electron chi connectivity index (χ1n) is 8.64. The lowest BCUT2D eigenvalue weighted by Gasteiger charge is -2.41. The second-order valence-corrected chi connectivity index (χ2v) is 8.22. The van der Waals surface area contributed by atoms with Gasteiger partial charge in [-0.25, -0.2) is 0 Å². The molecule has 21 heavy (non-hydrogen) atoms. The Hall–Kier alpha value is -0.160. The molecule has 0 aliphatic carbocycles. The summed E-state index contributed by atoms with van der Waals surface area (Å²) in [4.78, 5) is 7.75. The summed E-state index contributed by atoms with van der Waals surface area (Å²) in [6.45, 7) is 21.8. The minimum absolute atomic E-state index is 0.398. The van der Waals surface area contributed by atoms with Crippen molar-refractivity contribution in [1.29, 1.82) is 0 Å². The lowest BCUT2D eigenvalue weighted by Crippen LogP contribution is -2.54. The van der Waals surface area contributed by atoms with Crippen LogP contribution in [0.4, 0.5) is 0 Å². The topological polar surface area (TPSA) is 19.0 Å². The van der Waals surface area contributed by atoms with E-state index in [9.17, 15) is 0 Å². The highest BCUT2D eigenvalue weighted by atomic mass is 16.5. The Labute approximate surface area is 131 Å². The summed E-state index contributed by atoms with van der Waals surface area (Å²) in [5.74, 6) is 0. The maximum atomic E-state index is 5.97. The molecule has 2 heterocycles. The van der Waals surface area contributed by atoms with E-state index in [0.29, 0.717) is 17.6 Å². The fourth-order valence-electron chi connectivity index (χ4n) is 3.41. The number of ether oxygens (including phenoxy) is 1. The van der Waals surface area contributed by atoms with E-state index >= 15 is 0 Å². The predicted octanol–water partition coefficient (Wildman–Crippen LogP) is 1.76. The average Bonchev–Trinajstić information content (AvgIpc) is 2.40. The Kier molecular flexibility index (Phi) is 6.06. The number of piperazine rings is 1. The van der Waals surface area contributed by atoms with E-state index in [-0.39, 0.29) is 0 Å². The first kappa shape index (κ1) is 17.2. The summed E-state index contributed by atoms with van der Waals surface area (Å²) in [5, 5.41) is 0. The SMILES string of the molecule is CC(C)N1CCO[C@@H](CN2CCN(CC(C)(C)C)CC2)C1. The van der Waals surface area contributed by atoms with E-state index < -0.39 is 0 Å². The van der Waals surface area contributed by atoms with Crippen molar-refractivity contribution >= 4 is 0 Å². The largest absolute Gasteiger partial charge is 0.374 e. The Bertz CT molecular complexity index is 306. The Morgan fingerprint density at radius 3 is 2.19 bits per heavy atom. The summed E-state index contributed by atoms with van der Waals surface area (Å²) in [6, 6.07) is 0.639. The maximum Gasteiger partial charge on any atom is 0.0829 e. The van der Waals surface area contributed by atoms with E-state index in [2.05, 4.69) is 49.3 Å². The van der Waals surface area contributed by atoms with Crippen LogP contribution in [0.2, 0.25) is 0 Å². The van der Waals surface area contributed by atoms with Gasteiger partial charge >= 0.3 is 0 Å². The van der Waals surface area contributed by atoms with Crippen molar-refractivity contribution in [2.45, 2.75) is 46.8 Å². The van der Waals surface area contributed by atoms with Gasteiger partial charge in [-0.1, -0.05) is 20.8 Å². The Morgan fingerprint density at radius 1 is 1.00 bits per heavy atom. The number of hydrogen-bond donors (Lipinski definition) is 0. The number of morpholine rings is 1. The summed E-state index contributed by atoms with van der Waals surface area (Å²) >= 11 is 0. The van der Waals surface area contributed by atoms with Gasteiger partial charge in [-0.05, 0) is 19.3 Å². The lowest BCUT2D eigenvalue weighted by molar-refractivity contribution is -0.0570. The third-order valence-electron chi connectivity index (χ3n) is 4.53. The molecule has 0 spiro atoms. The van der Waals surface area contributed by atoms with Crippen LogP contribution < -0.4 is 0 Å². The molecule has 0 aromatic heterocycles. The van der Waals surface area contributed by atoms with Crippen molar-refractivity contribution in [2.24, 2.45) is 5.41 Å². The van der Waals surface area contributed by atoms with Crippen molar-refractivity contribution in [3.63, 3.8) is 0 Å². The average molecular weight is 297 g/mol. The van der Waals surface area contributed by atoms with Crippen LogP contribution in [0.1, 0.15) is 34.6 Å². The van der Waals surface area contributed by atoms with E-state index in [1.54, 1.807) is 0 Å². The molecule has 4 heteroatoms. The molecule has 4 nitrogen and oxygen atoms in total. The summed E-state index contributed by atoms with van der Waals surface area (Å²) in [5.41, 5.74) is 0.409. The minimum Gasteiger partial charge on any atom is -0.374 e. The molecular formula is C17H35N3O. The molecule has 0 aromatic carbocycles. The van der Waals surface area contributed by atoms with E-state index in [1.807, 2.05) is 0 Å². The van der Waals surface area contributed by atoms with E-state index in [0.717, 1.165) is 26.2 Å².